The molecule has 1 aromatic carbocycles. The topological polar surface area (TPSA) is 73.8 Å². The van der Waals surface area contributed by atoms with Crippen LogP contribution in [0.2, 0.25) is 5.02 Å². The number of hydrogen-bond donors (Lipinski definition) is 1. The van der Waals surface area contributed by atoms with E-state index in [1.54, 1.807) is 18.2 Å². The minimum Gasteiger partial charge on any atom is -0.366 e. The molecule has 0 saturated carbocycles. The molecule has 0 unspecified atom stereocenters. The lowest BCUT2D eigenvalue weighted by Gasteiger charge is -2.03. The first-order valence-corrected chi connectivity index (χ1v) is 4.50. The SMILES string of the molecule is NC(=O)c1cc(-n2cncn2)ccc1Cl. The van der Waals surface area contributed by atoms with Gasteiger partial charge in [0.05, 0.1) is 16.3 Å². The minimum absolute atomic E-state index is 0.268. The van der Waals surface area contributed by atoms with Gasteiger partial charge in [0.15, 0.2) is 0 Å². The first-order valence-electron chi connectivity index (χ1n) is 4.13. The third kappa shape index (κ3) is 1.82. The Kier molecular flexibility index (Phi) is 2.39. The van der Waals surface area contributed by atoms with Gasteiger partial charge in [-0.05, 0) is 18.2 Å². The number of carbonyl (C=O) groups excluding carboxylic acids is 1. The predicted octanol–water partition coefficient (Wildman–Crippen LogP) is 1.02. The molecule has 0 atom stereocenters. The summed E-state index contributed by atoms with van der Waals surface area (Å²) in [4.78, 5) is 14.8. The van der Waals surface area contributed by atoms with Crippen LogP contribution in [0.15, 0.2) is 30.9 Å². The van der Waals surface area contributed by atoms with Crippen molar-refractivity contribution < 1.29 is 4.79 Å². The molecule has 0 radical (unpaired) electrons. The summed E-state index contributed by atoms with van der Waals surface area (Å²) in [6.45, 7) is 0. The molecular weight excluding hydrogens is 216 g/mol. The zero-order valence-electron chi connectivity index (χ0n) is 7.59. The van der Waals surface area contributed by atoms with Crippen LogP contribution in [0.1, 0.15) is 10.4 Å². The lowest BCUT2D eigenvalue weighted by molar-refractivity contribution is 0.100. The number of hydrogen-bond acceptors (Lipinski definition) is 3. The first kappa shape index (κ1) is 9.67. The molecule has 1 amide bonds. The molecule has 2 rings (SSSR count). The van der Waals surface area contributed by atoms with Crippen LogP contribution in [0.25, 0.3) is 5.69 Å². The van der Waals surface area contributed by atoms with E-state index < -0.39 is 5.91 Å². The number of primary amides is 1. The van der Waals surface area contributed by atoms with Crippen molar-refractivity contribution in [3.8, 4) is 5.69 Å². The van der Waals surface area contributed by atoms with E-state index in [1.807, 2.05) is 0 Å². The normalized spacial score (nSPS) is 10.2. The average Bonchev–Trinajstić information content (AvgIpc) is 2.71. The van der Waals surface area contributed by atoms with Gasteiger partial charge in [-0.25, -0.2) is 9.67 Å². The fourth-order valence-corrected chi connectivity index (χ4v) is 1.40. The van der Waals surface area contributed by atoms with Crippen LogP contribution in [-0.2, 0) is 0 Å². The standard InChI is InChI=1S/C9H7ClN4O/c10-8-2-1-6(3-7(8)9(11)15)14-5-12-4-13-14/h1-5H,(H2,11,15). The van der Waals surface area contributed by atoms with Crippen LogP contribution in [0.3, 0.4) is 0 Å². The zero-order chi connectivity index (χ0) is 10.8. The quantitative estimate of drug-likeness (QED) is 0.825. The maximum atomic E-state index is 11.0. The van der Waals surface area contributed by atoms with E-state index in [2.05, 4.69) is 10.1 Å². The van der Waals surface area contributed by atoms with Crippen LogP contribution in [-0.4, -0.2) is 20.7 Å². The maximum Gasteiger partial charge on any atom is 0.250 e. The second kappa shape index (κ2) is 3.70. The molecule has 6 heteroatoms. The van der Waals surface area contributed by atoms with Gasteiger partial charge >= 0.3 is 0 Å². The van der Waals surface area contributed by atoms with Gasteiger partial charge in [-0.3, -0.25) is 4.79 Å². The Labute approximate surface area is 90.5 Å². The summed E-state index contributed by atoms with van der Waals surface area (Å²) in [5, 5.41) is 4.25. The van der Waals surface area contributed by atoms with Crippen LogP contribution < -0.4 is 5.73 Å². The van der Waals surface area contributed by atoms with Crippen molar-refractivity contribution >= 4 is 17.5 Å². The number of amides is 1. The molecule has 0 fully saturated rings. The Morgan fingerprint density at radius 1 is 1.47 bits per heavy atom. The van der Waals surface area contributed by atoms with Crippen molar-refractivity contribution in [1.29, 1.82) is 0 Å². The van der Waals surface area contributed by atoms with E-state index in [-0.39, 0.29) is 5.56 Å². The third-order valence-electron chi connectivity index (χ3n) is 1.90. The molecule has 15 heavy (non-hydrogen) atoms. The van der Waals surface area contributed by atoms with Gasteiger partial charge in [0.2, 0.25) is 5.91 Å². The Balaban J connectivity index is 2.52. The summed E-state index contributed by atoms with van der Waals surface area (Å²) < 4.78 is 1.52. The molecule has 5 nitrogen and oxygen atoms in total. The molecule has 0 spiro atoms. The van der Waals surface area contributed by atoms with Crippen molar-refractivity contribution in [1.82, 2.24) is 14.8 Å². The average molecular weight is 223 g/mol. The van der Waals surface area contributed by atoms with Crippen LogP contribution in [0.4, 0.5) is 0 Å². The molecule has 1 aromatic heterocycles. The molecular formula is C9H7ClN4O. The van der Waals surface area contributed by atoms with E-state index in [9.17, 15) is 4.79 Å². The van der Waals surface area contributed by atoms with Crippen LogP contribution in [0, 0.1) is 0 Å². The number of rotatable bonds is 2. The highest BCUT2D eigenvalue weighted by Gasteiger charge is 2.08. The number of benzene rings is 1. The van der Waals surface area contributed by atoms with Gasteiger partial charge in [0.25, 0.3) is 0 Å². The predicted molar refractivity (Wildman–Crippen MR) is 54.9 cm³/mol. The van der Waals surface area contributed by atoms with E-state index in [0.717, 1.165) is 0 Å². The largest absolute Gasteiger partial charge is 0.366 e. The minimum atomic E-state index is -0.568. The van der Waals surface area contributed by atoms with Crippen molar-refractivity contribution in [3.63, 3.8) is 0 Å². The number of carbonyl (C=O) groups is 1. The van der Waals surface area contributed by atoms with E-state index in [0.29, 0.717) is 10.7 Å². The molecule has 0 aliphatic rings. The molecule has 2 aromatic rings. The fourth-order valence-electron chi connectivity index (χ4n) is 1.19. The highest BCUT2D eigenvalue weighted by atomic mass is 35.5. The molecule has 1 heterocycles. The van der Waals surface area contributed by atoms with Gasteiger partial charge in [-0.15, -0.1) is 0 Å². The molecule has 2 N–H and O–H groups in total. The maximum absolute atomic E-state index is 11.0. The summed E-state index contributed by atoms with van der Waals surface area (Å²) in [6.07, 6.45) is 2.92. The number of halogens is 1. The lowest BCUT2D eigenvalue weighted by Crippen LogP contribution is -2.12. The van der Waals surface area contributed by atoms with Crippen molar-refractivity contribution in [2.24, 2.45) is 5.73 Å². The molecule has 0 aliphatic carbocycles. The van der Waals surface area contributed by atoms with Crippen molar-refractivity contribution in [3.05, 3.63) is 41.4 Å². The highest BCUT2D eigenvalue weighted by molar-refractivity contribution is 6.33. The van der Waals surface area contributed by atoms with E-state index >= 15 is 0 Å². The van der Waals surface area contributed by atoms with Crippen molar-refractivity contribution in [2.75, 3.05) is 0 Å². The Hall–Kier alpha value is -1.88. The zero-order valence-corrected chi connectivity index (χ0v) is 8.35. The van der Waals surface area contributed by atoms with Gasteiger partial charge in [-0.1, -0.05) is 11.6 Å². The van der Waals surface area contributed by atoms with Crippen molar-refractivity contribution in [2.45, 2.75) is 0 Å². The number of nitrogens with zero attached hydrogens (tertiary/aromatic N) is 3. The summed E-state index contributed by atoms with van der Waals surface area (Å²) in [7, 11) is 0. The molecule has 76 valence electrons. The second-order valence-electron chi connectivity index (χ2n) is 2.87. The third-order valence-corrected chi connectivity index (χ3v) is 2.23. The molecule has 0 bridgehead atoms. The Bertz CT molecular complexity index is 495. The summed E-state index contributed by atoms with van der Waals surface area (Å²) >= 11 is 5.81. The lowest BCUT2D eigenvalue weighted by atomic mass is 10.2. The first-order chi connectivity index (χ1) is 7.18. The van der Waals surface area contributed by atoms with Gasteiger partial charge in [0, 0.05) is 0 Å². The van der Waals surface area contributed by atoms with Gasteiger partial charge in [-0.2, -0.15) is 5.10 Å². The Morgan fingerprint density at radius 3 is 2.87 bits per heavy atom. The summed E-state index contributed by atoms with van der Waals surface area (Å²) in [6, 6.07) is 4.89. The molecule has 0 saturated heterocycles. The Morgan fingerprint density at radius 2 is 2.27 bits per heavy atom. The fraction of sp³-hybridized carbons (Fsp3) is 0. The smallest absolute Gasteiger partial charge is 0.250 e. The summed E-state index contributed by atoms with van der Waals surface area (Å²) in [5.41, 5.74) is 6.12. The number of nitrogens with two attached hydrogens (primary N) is 1. The van der Waals surface area contributed by atoms with Crippen LogP contribution >= 0.6 is 11.6 Å². The monoisotopic (exact) mass is 222 g/mol. The van der Waals surface area contributed by atoms with Gasteiger partial charge < -0.3 is 5.73 Å². The highest BCUT2D eigenvalue weighted by Crippen LogP contribution is 2.18. The van der Waals surface area contributed by atoms with Crippen LogP contribution in [0.5, 0.6) is 0 Å². The van der Waals surface area contributed by atoms with E-state index in [1.165, 1.54) is 17.3 Å². The second-order valence-corrected chi connectivity index (χ2v) is 3.28. The summed E-state index contributed by atoms with van der Waals surface area (Å²) in [5.74, 6) is -0.568. The molecule has 0 aliphatic heterocycles. The number of aromatic nitrogens is 3. The van der Waals surface area contributed by atoms with Gasteiger partial charge in [0.1, 0.15) is 12.7 Å². The van der Waals surface area contributed by atoms with E-state index in [4.69, 9.17) is 17.3 Å².